The number of rotatable bonds is 2. The van der Waals surface area contributed by atoms with Crippen LogP contribution < -0.4 is 5.32 Å². The van der Waals surface area contributed by atoms with Gasteiger partial charge in [0.1, 0.15) is 0 Å². The Labute approximate surface area is 101 Å². The second kappa shape index (κ2) is 4.22. The van der Waals surface area contributed by atoms with Crippen molar-refractivity contribution in [1.82, 2.24) is 5.32 Å². The standard InChI is InChI=1S/C12H20N2OS/c1-9(10-2-3-10)13-11-14-12(8-16-11)4-6-15-7-5-12/h9-10H,2-8H2,1H3,(H,13,14). The van der Waals surface area contributed by atoms with E-state index < -0.39 is 0 Å². The Balaban J connectivity index is 1.62. The van der Waals surface area contributed by atoms with Crippen molar-refractivity contribution in [1.29, 1.82) is 0 Å². The number of hydrogen-bond acceptors (Lipinski definition) is 3. The summed E-state index contributed by atoms with van der Waals surface area (Å²) >= 11 is 1.90. The van der Waals surface area contributed by atoms with Gasteiger partial charge in [-0.2, -0.15) is 0 Å². The predicted molar refractivity (Wildman–Crippen MR) is 68.0 cm³/mol. The van der Waals surface area contributed by atoms with Crippen LogP contribution in [0, 0.1) is 5.92 Å². The SMILES string of the molecule is CC(N=C1NC2(CCOCC2)CS1)C1CC1. The Morgan fingerprint density at radius 1 is 1.44 bits per heavy atom. The molecule has 16 heavy (non-hydrogen) atoms. The van der Waals surface area contributed by atoms with Gasteiger partial charge < -0.3 is 10.1 Å². The average Bonchev–Trinajstić information content (AvgIpc) is 3.07. The first kappa shape index (κ1) is 10.9. The minimum absolute atomic E-state index is 0.297. The van der Waals surface area contributed by atoms with E-state index in [2.05, 4.69) is 12.2 Å². The number of hydrogen-bond donors (Lipinski definition) is 1. The van der Waals surface area contributed by atoms with E-state index in [1.807, 2.05) is 11.8 Å². The third kappa shape index (κ3) is 2.23. The molecule has 0 amide bonds. The van der Waals surface area contributed by atoms with Crippen LogP contribution in [0.2, 0.25) is 0 Å². The minimum atomic E-state index is 0.297. The van der Waals surface area contributed by atoms with E-state index in [1.54, 1.807) is 0 Å². The fraction of sp³-hybridized carbons (Fsp3) is 0.917. The first-order valence-electron chi connectivity index (χ1n) is 6.34. The number of nitrogens with zero attached hydrogens (tertiary/aromatic N) is 1. The van der Waals surface area contributed by atoms with E-state index in [0.29, 0.717) is 11.6 Å². The first-order valence-corrected chi connectivity index (χ1v) is 7.33. The number of aliphatic imine (C=N–C) groups is 1. The lowest BCUT2D eigenvalue weighted by molar-refractivity contribution is 0.0555. The molecule has 2 heterocycles. The molecule has 2 aliphatic heterocycles. The van der Waals surface area contributed by atoms with Gasteiger partial charge in [0.25, 0.3) is 0 Å². The number of nitrogens with one attached hydrogen (secondary N) is 1. The maximum atomic E-state index is 5.43. The van der Waals surface area contributed by atoms with Crippen molar-refractivity contribution < 1.29 is 4.74 Å². The molecule has 1 unspecified atom stereocenters. The highest BCUT2D eigenvalue weighted by atomic mass is 32.2. The van der Waals surface area contributed by atoms with E-state index in [0.717, 1.165) is 32.0 Å². The van der Waals surface area contributed by atoms with Gasteiger partial charge in [0.15, 0.2) is 5.17 Å². The van der Waals surface area contributed by atoms with Crippen LogP contribution in [0.25, 0.3) is 0 Å². The quantitative estimate of drug-likeness (QED) is 0.802. The van der Waals surface area contributed by atoms with Gasteiger partial charge in [0.05, 0.1) is 11.6 Å². The summed E-state index contributed by atoms with van der Waals surface area (Å²) < 4.78 is 5.43. The zero-order valence-corrected chi connectivity index (χ0v) is 10.7. The second-order valence-corrected chi connectivity index (χ2v) is 6.28. The van der Waals surface area contributed by atoms with E-state index in [-0.39, 0.29) is 0 Å². The molecule has 0 aromatic rings. The van der Waals surface area contributed by atoms with Gasteiger partial charge in [-0.1, -0.05) is 11.8 Å². The second-order valence-electron chi connectivity index (χ2n) is 5.32. The van der Waals surface area contributed by atoms with Crippen molar-refractivity contribution >= 4 is 16.9 Å². The van der Waals surface area contributed by atoms with Crippen LogP contribution in [-0.2, 0) is 4.74 Å². The van der Waals surface area contributed by atoms with Crippen LogP contribution in [0.4, 0.5) is 0 Å². The van der Waals surface area contributed by atoms with Crippen molar-refractivity contribution in [2.75, 3.05) is 19.0 Å². The first-order chi connectivity index (χ1) is 7.77. The van der Waals surface area contributed by atoms with Crippen molar-refractivity contribution in [3.8, 4) is 0 Å². The molecule has 1 N–H and O–H groups in total. The van der Waals surface area contributed by atoms with Gasteiger partial charge in [0.2, 0.25) is 0 Å². The summed E-state index contributed by atoms with van der Waals surface area (Å²) in [7, 11) is 0. The summed E-state index contributed by atoms with van der Waals surface area (Å²) in [5.74, 6) is 2.04. The number of thioether (sulfide) groups is 1. The molecule has 3 rings (SSSR count). The molecule has 3 fully saturated rings. The highest BCUT2D eigenvalue weighted by Gasteiger charge is 2.39. The summed E-state index contributed by atoms with van der Waals surface area (Å²) in [5.41, 5.74) is 0.297. The summed E-state index contributed by atoms with van der Waals surface area (Å²) in [5, 5.41) is 4.83. The Morgan fingerprint density at radius 3 is 2.88 bits per heavy atom. The monoisotopic (exact) mass is 240 g/mol. The zero-order valence-electron chi connectivity index (χ0n) is 9.87. The van der Waals surface area contributed by atoms with Gasteiger partial charge in [-0.25, -0.2) is 0 Å². The van der Waals surface area contributed by atoms with Gasteiger partial charge in [0, 0.05) is 19.0 Å². The largest absolute Gasteiger partial charge is 0.381 e. The maximum Gasteiger partial charge on any atom is 0.157 e. The number of ether oxygens (including phenoxy) is 1. The maximum absolute atomic E-state index is 5.43. The lowest BCUT2D eigenvalue weighted by Gasteiger charge is -2.32. The lowest BCUT2D eigenvalue weighted by Crippen LogP contribution is -2.48. The van der Waals surface area contributed by atoms with Crippen LogP contribution in [0.3, 0.4) is 0 Å². The third-order valence-corrected chi connectivity index (χ3v) is 5.11. The summed E-state index contributed by atoms with van der Waals surface area (Å²) in [6.45, 7) is 4.06. The average molecular weight is 240 g/mol. The molecular weight excluding hydrogens is 220 g/mol. The van der Waals surface area contributed by atoms with Crippen molar-refractivity contribution in [2.45, 2.75) is 44.2 Å². The Bertz CT molecular complexity index is 295. The molecule has 0 aromatic heterocycles. The van der Waals surface area contributed by atoms with Gasteiger partial charge >= 0.3 is 0 Å². The van der Waals surface area contributed by atoms with E-state index in [9.17, 15) is 0 Å². The molecule has 0 radical (unpaired) electrons. The molecule has 2 saturated heterocycles. The van der Waals surface area contributed by atoms with Crippen molar-refractivity contribution in [3.05, 3.63) is 0 Å². The molecule has 3 nitrogen and oxygen atoms in total. The smallest absolute Gasteiger partial charge is 0.157 e. The van der Waals surface area contributed by atoms with E-state index in [4.69, 9.17) is 9.73 Å². The highest BCUT2D eigenvalue weighted by Crippen LogP contribution is 2.36. The Hall–Kier alpha value is -0.220. The molecule has 4 heteroatoms. The van der Waals surface area contributed by atoms with Crippen LogP contribution >= 0.6 is 11.8 Å². The van der Waals surface area contributed by atoms with Crippen LogP contribution in [0.15, 0.2) is 4.99 Å². The van der Waals surface area contributed by atoms with E-state index in [1.165, 1.54) is 23.8 Å². The Kier molecular flexibility index (Phi) is 2.88. The summed E-state index contributed by atoms with van der Waals surface area (Å²) in [6, 6.07) is 0.519. The normalized spacial score (nSPS) is 32.9. The molecule has 1 saturated carbocycles. The molecular formula is C12H20N2OS. The van der Waals surface area contributed by atoms with Crippen molar-refractivity contribution in [3.63, 3.8) is 0 Å². The fourth-order valence-corrected chi connectivity index (χ4v) is 3.78. The van der Waals surface area contributed by atoms with Gasteiger partial charge in [-0.3, -0.25) is 4.99 Å². The fourth-order valence-electron chi connectivity index (χ4n) is 2.48. The Morgan fingerprint density at radius 2 is 2.19 bits per heavy atom. The molecule has 90 valence electrons. The highest BCUT2D eigenvalue weighted by molar-refractivity contribution is 8.14. The van der Waals surface area contributed by atoms with Crippen LogP contribution in [-0.4, -0.2) is 35.7 Å². The zero-order chi connectivity index (χ0) is 11.0. The topological polar surface area (TPSA) is 33.6 Å². The summed E-state index contributed by atoms with van der Waals surface area (Å²) in [4.78, 5) is 4.82. The lowest BCUT2D eigenvalue weighted by atomic mass is 9.93. The van der Waals surface area contributed by atoms with Crippen molar-refractivity contribution in [2.24, 2.45) is 10.9 Å². The van der Waals surface area contributed by atoms with Crippen LogP contribution in [0.5, 0.6) is 0 Å². The number of amidine groups is 1. The van der Waals surface area contributed by atoms with Crippen LogP contribution in [0.1, 0.15) is 32.6 Å². The van der Waals surface area contributed by atoms with Gasteiger partial charge in [-0.15, -0.1) is 0 Å². The predicted octanol–water partition coefficient (Wildman–Crippen LogP) is 2.03. The van der Waals surface area contributed by atoms with Gasteiger partial charge in [-0.05, 0) is 38.5 Å². The third-order valence-electron chi connectivity index (χ3n) is 3.93. The molecule has 1 spiro atoms. The molecule has 1 aliphatic carbocycles. The molecule has 3 aliphatic rings. The molecule has 0 aromatic carbocycles. The summed E-state index contributed by atoms with van der Waals surface area (Å²) in [6.07, 6.45) is 5.02. The van der Waals surface area contributed by atoms with E-state index >= 15 is 0 Å². The molecule has 1 atom stereocenters. The molecule has 0 bridgehead atoms. The minimum Gasteiger partial charge on any atom is -0.381 e.